The topological polar surface area (TPSA) is 88.4 Å². The summed E-state index contributed by atoms with van der Waals surface area (Å²) in [6.07, 6.45) is 4.66. The lowest BCUT2D eigenvalue weighted by atomic mass is 10.4. The van der Waals surface area contributed by atoms with Crippen molar-refractivity contribution in [2.75, 3.05) is 17.2 Å². The third kappa shape index (κ3) is 2.90. The van der Waals surface area contributed by atoms with E-state index >= 15 is 0 Å². The van der Waals surface area contributed by atoms with Crippen LogP contribution in [0.4, 0.5) is 10.8 Å². The van der Waals surface area contributed by atoms with Gasteiger partial charge in [0.05, 0.1) is 12.7 Å². The van der Waals surface area contributed by atoms with Gasteiger partial charge in [0.15, 0.2) is 5.13 Å². The molecule has 0 spiro atoms. The molecule has 2 N–H and O–H groups in total. The molecule has 0 saturated heterocycles. The van der Waals surface area contributed by atoms with Crippen LogP contribution in [0.15, 0.2) is 47.0 Å². The number of hydrogen-bond acceptors (Lipinski definition) is 6. The number of pyridine rings is 1. The van der Waals surface area contributed by atoms with Crippen molar-refractivity contribution in [3.63, 3.8) is 0 Å². The molecule has 0 fully saturated rings. The van der Waals surface area contributed by atoms with Gasteiger partial charge >= 0.3 is 0 Å². The van der Waals surface area contributed by atoms with Crippen LogP contribution >= 0.6 is 11.3 Å². The number of fused-ring (bicyclic) bond motifs is 1. The van der Waals surface area contributed by atoms with E-state index in [-0.39, 0.29) is 23.7 Å². The van der Waals surface area contributed by atoms with Crippen LogP contribution in [0.2, 0.25) is 0 Å². The van der Waals surface area contributed by atoms with Crippen LogP contribution < -0.4 is 16.2 Å². The van der Waals surface area contributed by atoms with Crippen LogP contribution in [0.25, 0.3) is 5.65 Å². The molecular weight excluding hydrogens is 290 g/mol. The molecule has 3 aromatic rings. The maximum Gasteiger partial charge on any atom is 0.281 e. The summed E-state index contributed by atoms with van der Waals surface area (Å²) in [5.74, 6) is -0.275. The maximum atomic E-state index is 12.2. The summed E-state index contributed by atoms with van der Waals surface area (Å²) in [7, 11) is 0. The Kier molecular flexibility index (Phi) is 3.61. The molecule has 0 radical (unpaired) electrons. The van der Waals surface area contributed by atoms with Crippen molar-refractivity contribution in [2.24, 2.45) is 0 Å². The molecule has 7 nitrogen and oxygen atoms in total. The molecular formula is C13H11N5O2S. The van der Waals surface area contributed by atoms with Crippen LogP contribution in [0.5, 0.6) is 0 Å². The van der Waals surface area contributed by atoms with E-state index in [1.807, 2.05) is 0 Å². The summed E-state index contributed by atoms with van der Waals surface area (Å²) in [5, 5.41) is 7.70. The van der Waals surface area contributed by atoms with Gasteiger partial charge in [0.25, 0.3) is 5.56 Å². The van der Waals surface area contributed by atoms with Gasteiger partial charge in [0.1, 0.15) is 11.3 Å². The number of rotatable bonds is 4. The summed E-state index contributed by atoms with van der Waals surface area (Å²) < 4.78 is 1.42. The van der Waals surface area contributed by atoms with E-state index in [0.717, 1.165) is 0 Å². The molecule has 0 aliphatic carbocycles. The van der Waals surface area contributed by atoms with E-state index in [9.17, 15) is 9.59 Å². The van der Waals surface area contributed by atoms with Gasteiger partial charge in [-0.15, -0.1) is 11.3 Å². The highest BCUT2D eigenvalue weighted by atomic mass is 32.1. The lowest BCUT2D eigenvalue weighted by Gasteiger charge is -2.06. The van der Waals surface area contributed by atoms with E-state index in [0.29, 0.717) is 10.8 Å². The second-order valence-corrected chi connectivity index (χ2v) is 5.04. The Morgan fingerprint density at radius 3 is 3.05 bits per heavy atom. The maximum absolute atomic E-state index is 12.2. The van der Waals surface area contributed by atoms with Gasteiger partial charge < -0.3 is 10.6 Å². The number of hydrogen-bond donors (Lipinski definition) is 2. The lowest BCUT2D eigenvalue weighted by Crippen LogP contribution is -2.26. The standard InChI is InChI=1S/C13H11N5O2S/c19-11(17-13-14-4-6-21-13)8-15-9-7-16-10-3-1-2-5-18(10)12(9)20/h1-7,15H,8H2,(H,14,17,19). The van der Waals surface area contributed by atoms with Gasteiger partial charge in [0, 0.05) is 17.8 Å². The first-order chi connectivity index (χ1) is 10.2. The molecule has 1 amide bonds. The molecule has 106 valence electrons. The second-order valence-electron chi connectivity index (χ2n) is 4.14. The minimum atomic E-state index is -0.275. The normalized spacial score (nSPS) is 10.5. The lowest BCUT2D eigenvalue weighted by molar-refractivity contribution is -0.114. The van der Waals surface area contributed by atoms with E-state index in [4.69, 9.17) is 0 Å². The summed E-state index contributed by atoms with van der Waals surface area (Å²) in [6.45, 7) is -0.0323. The number of carbonyl (C=O) groups excluding carboxylic acids is 1. The molecule has 0 saturated carbocycles. The molecule has 3 rings (SSSR count). The number of thiazole rings is 1. The first kappa shape index (κ1) is 13.3. The minimum Gasteiger partial charge on any atom is -0.370 e. The average molecular weight is 301 g/mol. The van der Waals surface area contributed by atoms with Gasteiger partial charge in [-0.05, 0) is 12.1 Å². The third-order valence-corrected chi connectivity index (χ3v) is 3.42. The number of amides is 1. The predicted octanol–water partition coefficient (Wildman–Crippen LogP) is 1.20. The number of nitrogens with one attached hydrogen (secondary N) is 2. The van der Waals surface area contributed by atoms with Gasteiger partial charge in [-0.1, -0.05) is 6.07 Å². The molecule has 0 atom stereocenters. The zero-order chi connectivity index (χ0) is 14.7. The average Bonchev–Trinajstić information content (AvgIpc) is 3.00. The largest absolute Gasteiger partial charge is 0.370 e. The Morgan fingerprint density at radius 2 is 2.24 bits per heavy atom. The fourth-order valence-corrected chi connectivity index (χ4v) is 2.32. The summed E-state index contributed by atoms with van der Waals surface area (Å²) in [6, 6.07) is 5.28. The zero-order valence-corrected chi connectivity index (χ0v) is 11.6. The van der Waals surface area contributed by atoms with Crippen molar-refractivity contribution in [3.05, 3.63) is 52.5 Å². The fourth-order valence-electron chi connectivity index (χ4n) is 1.77. The SMILES string of the molecule is O=C(CNc1cnc2ccccn2c1=O)Nc1nccs1. The van der Waals surface area contributed by atoms with Crippen LogP contribution in [0.3, 0.4) is 0 Å². The fraction of sp³-hybridized carbons (Fsp3) is 0.0769. The Bertz CT molecular complexity index is 828. The molecule has 0 aliphatic rings. The van der Waals surface area contributed by atoms with Gasteiger partial charge in [-0.25, -0.2) is 9.97 Å². The van der Waals surface area contributed by atoms with Crippen LogP contribution in [0.1, 0.15) is 0 Å². The molecule has 3 heterocycles. The monoisotopic (exact) mass is 301 g/mol. The third-order valence-electron chi connectivity index (χ3n) is 2.73. The minimum absolute atomic E-state index is 0.0323. The second kappa shape index (κ2) is 5.71. The smallest absolute Gasteiger partial charge is 0.281 e. The summed E-state index contributed by atoms with van der Waals surface area (Å²) >= 11 is 1.33. The molecule has 0 unspecified atom stereocenters. The molecule has 0 bridgehead atoms. The number of aromatic nitrogens is 3. The van der Waals surface area contributed by atoms with Gasteiger partial charge in [-0.2, -0.15) is 0 Å². The zero-order valence-electron chi connectivity index (χ0n) is 10.8. The van der Waals surface area contributed by atoms with E-state index in [2.05, 4.69) is 20.6 Å². The molecule has 0 aliphatic heterocycles. The first-order valence-electron chi connectivity index (χ1n) is 6.13. The van der Waals surface area contributed by atoms with Crippen LogP contribution in [0, 0.1) is 0 Å². The van der Waals surface area contributed by atoms with Crippen molar-refractivity contribution in [2.45, 2.75) is 0 Å². The molecule has 21 heavy (non-hydrogen) atoms. The molecule has 8 heteroatoms. The Hall–Kier alpha value is -2.74. The van der Waals surface area contributed by atoms with Crippen molar-refractivity contribution >= 4 is 33.7 Å². The number of carbonyl (C=O) groups is 1. The quantitative estimate of drug-likeness (QED) is 0.756. The number of anilines is 2. The highest BCUT2D eigenvalue weighted by Gasteiger charge is 2.07. The highest BCUT2D eigenvalue weighted by Crippen LogP contribution is 2.09. The van der Waals surface area contributed by atoms with E-state index in [1.54, 1.807) is 36.0 Å². The Labute approximate surface area is 123 Å². The predicted molar refractivity (Wildman–Crippen MR) is 80.7 cm³/mol. The van der Waals surface area contributed by atoms with Gasteiger partial charge in [0.2, 0.25) is 5.91 Å². The Balaban J connectivity index is 1.72. The van der Waals surface area contributed by atoms with Crippen LogP contribution in [-0.2, 0) is 4.79 Å². The summed E-state index contributed by atoms with van der Waals surface area (Å²) in [4.78, 5) is 32.0. The Morgan fingerprint density at radius 1 is 1.33 bits per heavy atom. The van der Waals surface area contributed by atoms with Crippen LogP contribution in [-0.4, -0.2) is 26.8 Å². The van der Waals surface area contributed by atoms with E-state index in [1.165, 1.54) is 21.9 Å². The van der Waals surface area contributed by atoms with Crippen molar-refractivity contribution in [3.8, 4) is 0 Å². The highest BCUT2D eigenvalue weighted by molar-refractivity contribution is 7.13. The molecule has 3 aromatic heterocycles. The van der Waals surface area contributed by atoms with Crippen molar-refractivity contribution in [1.29, 1.82) is 0 Å². The van der Waals surface area contributed by atoms with Crippen molar-refractivity contribution < 1.29 is 4.79 Å². The number of nitrogens with zero attached hydrogens (tertiary/aromatic N) is 3. The molecule has 0 aromatic carbocycles. The van der Waals surface area contributed by atoms with E-state index < -0.39 is 0 Å². The van der Waals surface area contributed by atoms with Crippen molar-refractivity contribution in [1.82, 2.24) is 14.4 Å². The summed E-state index contributed by atoms with van der Waals surface area (Å²) in [5.41, 5.74) is 0.580. The first-order valence-corrected chi connectivity index (χ1v) is 7.01. The van der Waals surface area contributed by atoms with Gasteiger partial charge in [-0.3, -0.25) is 14.0 Å².